The molecule has 0 fully saturated rings. The molecule has 1 atom stereocenters. The number of nitrogens with zero attached hydrogens (tertiary/aromatic N) is 3. The summed E-state index contributed by atoms with van der Waals surface area (Å²) in [6.07, 6.45) is 3.66. The lowest BCUT2D eigenvalue weighted by Gasteiger charge is -2.20. The quantitative estimate of drug-likeness (QED) is 0.925. The molecule has 3 rings (SSSR count). The van der Waals surface area contributed by atoms with E-state index in [0.29, 0.717) is 13.1 Å². The van der Waals surface area contributed by atoms with Crippen LogP contribution in [0, 0.1) is 0 Å². The topological polar surface area (TPSA) is 58.4 Å². The highest BCUT2D eigenvalue weighted by molar-refractivity contribution is 5.82. The molecule has 0 amide bonds. The van der Waals surface area contributed by atoms with Gasteiger partial charge in [0.1, 0.15) is 5.92 Å². The number of hydrogen-bond donors (Lipinski definition) is 1. The van der Waals surface area contributed by atoms with E-state index in [1.54, 1.807) is 0 Å². The molecule has 0 bridgehead atoms. The van der Waals surface area contributed by atoms with Gasteiger partial charge in [0, 0.05) is 25.0 Å². The van der Waals surface area contributed by atoms with E-state index in [1.807, 2.05) is 36.8 Å². The Kier molecular flexibility index (Phi) is 3.18. The zero-order chi connectivity index (χ0) is 14.1. The number of benzene rings is 1. The minimum Gasteiger partial charge on any atom is -0.481 e. The van der Waals surface area contributed by atoms with Crippen molar-refractivity contribution in [2.45, 2.75) is 25.9 Å². The summed E-state index contributed by atoms with van der Waals surface area (Å²) in [6.45, 7) is 4.15. The van der Waals surface area contributed by atoms with Crippen LogP contribution in [-0.2, 0) is 17.9 Å². The molecule has 1 aromatic carbocycles. The molecule has 5 heteroatoms. The smallest absolute Gasteiger partial charge is 0.312 e. The third kappa shape index (κ3) is 2.05. The minimum atomic E-state index is -0.760. The fraction of sp³-hybridized carbons (Fsp3) is 0.333. The van der Waals surface area contributed by atoms with E-state index in [-0.39, 0.29) is 0 Å². The van der Waals surface area contributed by atoms with Crippen molar-refractivity contribution in [3.8, 4) is 0 Å². The molecule has 2 aromatic rings. The van der Waals surface area contributed by atoms with E-state index in [1.165, 1.54) is 0 Å². The van der Waals surface area contributed by atoms with Crippen molar-refractivity contribution in [3.05, 3.63) is 48.0 Å². The highest BCUT2D eigenvalue weighted by Crippen LogP contribution is 2.36. The summed E-state index contributed by atoms with van der Waals surface area (Å²) in [5.74, 6) is -1.20. The molecule has 0 radical (unpaired) electrons. The fourth-order valence-corrected chi connectivity index (χ4v) is 2.81. The molecule has 1 N–H and O–H groups in total. The van der Waals surface area contributed by atoms with Crippen LogP contribution in [0.1, 0.15) is 24.1 Å². The lowest BCUT2D eigenvalue weighted by molar-refractivity contribution is -0.138. The molecule has 2 heterocycles. The van der Waals surface area contributed by atoms with Crippen molar-refractivity contribution in [1.29, 1.82) is 0 Å². The van der Waals surface area contributed by atoms with Crippen LogP contribution < -0.4 is 4.90 Å². The zero-order valence-electron chi connectivity index (χ0n) is 11.4. The first-order valence-corrected chi connectivity index (χ1v) is 6.76. The zero-order valence-corrected chi connectivity index (χ0v) is 11.4. The third-order valence-electron chi connectivity index (χ3n) is 3.85. The Hall–Kier alpha value is -2.30. The van der Waals surface area contributed by atoms with Crippen LogP contribution >= 0.6 is 0 Å². The summed E-state index contributed by atoms with van der Waals surface area (Å²) in [5.41, 5.74) is 3.03. The second-order valence-electron chi connectivity index (χ2n) is 5.00. The summed E-state index contributed by atoms with van der Waals surface area (Å²) < 4.78 is 2.08. The van der Waals surface area contributed by atoms with Gasteiger partial charge < -0.3 is 14.6 Å². The average Bonchev–Trinajstić information content (AvgIpc) is 3.04. The molecule has 1 aliphatic heterocycles. The third-order valence-corrected chi connectivity index (χ3v) is 3.85. The molecular weight excluding hydrogens is 254 g/mol. The normalized spacial score (nSPS) is 17.2. The maximum Gasteiger partial charge on any atom is 0.312 e. The van der Waals surface area contributed by atoms with Crippen LogP contribution in [-0.4, -0.2) is 27.2 Å². The minimum absolute atomic E-state index is 0.441. The first kappa shape index (κ1) is 12.7. The second-order valence-corrected chi connectivity index (χ2v) is 5.00. The van der Waals surface area contributed by atoms with Crippen molar-refractivity contribution >= 4 is 11.7 Å². The van der Waals surface area contributed by atoms with Crippen LogP contribution in [0.4, 0.5) is 5.69 Å². The number of aryl methyl sites for hydroxylation is 1. The Bertz CT molecular complexity index is 636. The van der Waals surface area contributed by atoms with Crippen molar-refractivity contribution in [1.82, 2.24) is 9.55 Å². The van der Waals surface area contributed by atoms with Gasteiger partial charge in [-0.25, -0.2) is 4.98 Å². The highest BCUT2D eigenvalue weighted by atomic mass is 16.4. The lowest BCUT2D eigenvalue weighted by Crippen LogP contribution is -2.25. The number of para-hydroxylation sites is 1. The summed E-state index contributed by atoms with van der Waals surface area (Å²) in [7, 11) is 0. The largest absolute Gasteiger partial charge is 0.481 e. The van der Waals surface area contributed by atoms with Crippen LogP contribution in [0.15, 0.2) is 36.8 Å². The number of aromatic nitrogens is 2. The molecule has 1 aliphatic rings. The van der Waals surface area contributed by atoms with Crippen molar-refractivity contribution in [2.24, 2.45) is 0 Å². The number of hydrogen-bond acceptors (Lipinski definition) is 3. The van der Waals surface area contributed by atoms with E-state index >= 15 is 0 Å². The number of anilines is 1. The van der Waals surface area contributed by atoms with E-state index in [0.717, 1.165) is 23.5 Å². The van der Waals surface area contributed by atoms with Crippen LogP contribution in [0.25, 0.3) is 0 Å². The van der Waals surface area contributed by atoms with Gasteiger partial charge in [-0.15, -0.1) is 0 Å². The SMILES string of the molecule is CCn1cncc1CN1CC(C(=O)O)c2ccccc21. The van der Waals surface area contributed by atoms with E-state index < -0.39 is 11.9 Å². The van der Waals surface area contributed by atoms with E-state index in [9.17, 15) is 9.90 Å². The Labute approximate surface area is 117 Å². The van der Waals surface area contributed by atoms with Gasteiger partial charge in [0.25, 0.3) is 0 Å². The Morgan fingerprint density at radius 2 is 2.25 bits per heavy atom. The molecular formula is C15H17N3O2. The molecule has 104 valence electrons. The van der Waals surface area contributed by atoms with Gasteiger partial charge in [0.15, 0.2) is 0 Å². The van der Waals surface area contributed by atoms with Gasteiger partial charge in [0.05, 0.1) is 18.6 Å². The maximum absolute atomic E-state index is 11.4. The van der Waals surface area contributed by atoms with Crippen molar-refractivity contribution in [3.63, 3.8) is 0 Å². The van der Waals surface area contributed by atoms with Crippen LogP contribution in [0.2, 0.25) is 0 Å². The Morgan fingerprint density at radius 1 is 1.45 bits per heavy atom. The summed E-state index contributed by atoms with van der Waals surface area (Å²) in [4.78, 5) is 17.7. The van der Waals surface area contributed by atoms with Gasteiger partial charge >= 0.3 is 5.97 Å². The van der Waals surface area contributed by atoms with Crippen molar-refractivity contribution < 1.29 is 9.90 Å². The van der Waals surface area contributed by atoms with Gasteiger partial charge in [-0.2, -0.15) is 0 Å². The first-order chi connectivity index (χ1) is 9.70. The molecule has 20 heavy (non-hydrogen) atoms. The Morgan fingerprint density at radius 3 is 3.00 bits per heavy atom. The number of carboxylic acid groups (broad SMARTS) is 1. The predicted molar refractivity (Wildman–Crippen MR) is 75.8 cm³/mol. The second kappa shape index (κ2) is 5.00. The van der Waals surface area contributed by atoms with Crippen LogP contribution in [0.3, 0.4) is 0 Å². The summed E-state index contributed by atoms with van der Waals surface area (Å²) in [5, 5.41) is 9.36. The van der Waals surface area contributed by atoms with Gasteiger partial charge in [-0.3, -0.25) is 4.79 Å². The number of carbonyl (C=O) groups is 1. The predicted octanol–water partition coefficient (Wildman–Crippen LogP) is 2.09. The van der Waals surface area contributed by atoms with Gasteiger partial charge in [-0.05, 0) is 18.6 Å². The summed E-state index contributed by atoms with van der Waals surface area (Å²) in [6, 6.07) is 7.75. The number of carboxylic acids is 1. The monoisotopic (exact) mass is 271 g/mol. The number of aliphatic carboxylic acids is 1. The molecule has 0 saturated carbocycles. The lowest BCUT2D eigenvalue weighted by atomic mass is 10.0. The Balaban J connectivity index is 1.91. The molecule has 1 aromatic heterocycles. The molecule has 5 nitrogen and oxygen atoms in total. The highest BCUT2D eigenvalue weighted by Gasteiger charge is 2.33. The van der Waals surface area contributed by atoms with Crippen LogP contribution in [0.5, 0.6) is 0 Å². The number of fused-ring (bicyclic) bond motifs is 1. The molecule has 0 saturated heterocycles. The number of rotatable bonds is 4. The van der Waals surface area contributed by atoms with E-state index in [2.05, 4.69) is 21.4 Å². The average molecular weight is 271 g/mol. The van der Waals surface area contributed by atoms with E-state index in [4.69, 9.17) is 0 Å². The fourth-order valence-electron chi connectivity index (χ4n) is 2.81. The molecule has 0 aliphatic carbocycles. The first-order valence-electron chi connectivity index (χ1n) is 6.76. The summed E-state index contributed by atoms with van der Waals surface area (Å²) >= 11 is 0. The maximum atomic E-state index is 11.4. The number of imidazole rings is 1. The van der Waals surface area contributed by atoms with Crippen molar-refractivity contribution in [2.75, 3.05) is 11.4 Å². The van der Waals surface area contributed by atoms with Gasteiger partial charge in [-0.1, -0.05) is 18.2 Å². The standard InChI is InChI=1S/C15H17N3O2/c1-2-17-10-16-7-11(17)8-18-9-13(15(19)20)12-5-3-4-6-14(12)18/h3-7,10,13H,2,8-9H2,1H3,(H,19,20). The van der Waals surface area contributed by atoms with Gasteiger partial charge in [0.2, 0.25) is 0 Å². The molecule has 0 spiro atoms. The molecule has 1 unspecified atom stereocenters.